The first-order chi connectivity index (χ1) is 7.15. The molecule has 0 bridgehead atoms. The van der Waals surface area contributed by atoms with E-state index in [1.807, 2.05) is 0 Å². The van der Waals surface area contributed by atoms with Crippen molar-refractivity contribution in [2.45, 2.75) is 6.42 Å². The van der Waals surface area contributed by atoms with Gasteiger partial charge in [0.25, 0.3) is 0 Å². The van der Waals surface area contributed by atoms with Crippen molar-refractivity contribution in [2.24, 2.45) is 0 Å². The number of carbonyl (C=O) groups is 1. The minimum Gasteiger partial charge on any atom is -0.477 e. The number of hydrogen-bond acceptors (Lipinski definition) is 4. The van der Waals surface area contributed by atoms with Crippen LogP contribution in [0.3, 0.4) is 0 Å². The lowest BCUT2D eigenvalue weighted by molar-refractivity contribution is -0.141. The van der Waals surface area contributed by atoms with Gasteiger partial charge in [-0.05, 0) is 0 Å². The Morgan fingerprint density at radius 3 is 2.60 bits per heavy atom. The fraction of sp³-hybridized carbons (Fsp3) is 0.273. The van der Waals surface area contributed by atoms with Crippen LogP contribution in [-0.4, -0.2) is 25.6 Å². The number of nitrogens with one attached hydrogen (secondary N) is 1. The molecule has 0 aliphatic rings. The number of ether oxygens (including phenoxy) is 2. The van der Waals surface area contributed by atoms with E-state index in [4.69, 9.17) is 10.1 Å². The molecule has 0 spiro atoms. The normalized spacial score (nSPS) is 10.3. The Morgan fingerprint density at radius 2 is 2.13 bits per heavy atom. The number of carbonyl (C=O) groups excluding carboxylic acids is 1. The summed E-state index contributed by atoms with van der Waals surface area (Å²) >= 11 is 0. The number of esters is 1. The summed E-state index contributed by atoms with van der Waals surface area (Å²) in [4.78, 5) is 10.7. The Kier molecular flexibility index (Phi) is 6.63. The smallest absolute Gasteiger partial charge is 0.308 e. The van der Waals surface area contributed by atoms with Gasteiger partial charge in [-0.25, -0.2) is 0 Å². The lowest BCUT2D eigenvalue weighted by Gasteiger charge is -2.06. The number of rotatable bonds is 6. The molecule has 0 fully saturated rings. The molecular weight excluding hydrogens is 194 g/mol. The predicted molar refractivity (Wildman–Crippen MR) is 58.8 cm³/mol. The summed E-state index contributed by atoms with van der Waals surface area (Å²) in [7, 11) is 1.31. The van der Waals surface area contributed by atoms with E-state index in [1.165, 1.54) is 19.3 Å². The molecule has 0 saturated heterocycles. The van der Waals surface area contributed by atoms with Gasteiger partial charge in [0.05, 0.1) is 13.5 Å². The largest absolute Gasteiger partial charge is 0.477 e. The highest BCUT2D eigenvalue weighted by Crippen LogP contribution is 2.01. The standard InChI is InChI=1S/C11H15NO3/c1-4-6-9(5-2)11(12)15-8-7-10(13)14-3/h4-6,12H,1-2,7-8H2,3H3/b9-6+,12-11?. The van der Waals surface area contributed by atoms with Crippen molar-refractivity contribution in [2.75, 3.05) is 13.7 Å². The molecule has 0 aromatic rings. The average molecular weight is 209 g/mol. The lowest BCUT2D eigenvalue weighted by Crippen LogP contribution is -2.11. The van der Waals surface area contributed by atoms with Gasteiger partial charge in [-0.2, -0.15) is 0 Å². The highest BCUT2D eigenvalue weighted by Gasteiger charge is 2.04. The Morgan fingerprint density at radius 1 is 1.47 bits per heavy atom. The summed E-state index contributed by atoms with van der Waals surface area (Å²) < 4.78 is 9.44. The van der Waals surface area contributed by atoms with Crippen molar-refractivity contribution >= 4 is 11.9 Å². The summed E-state index contributed by atoms with van der Waals surface area (Å²) in [6.07, 6.45) is 4.75. The Balaban J connectivity index is 4.02. The van der Waals surface area contributed by atoms with E-state index in [0.717, 1.165) is 0 Å². The van der Waals surface area contributed by atoms with Gasteiger partial charge in [-0.3, -0.25) is 10.2 Å². The molecule has 0 radical (unpaired) electrons. The van der Waals surface area contributed by atoms with E-state index in [-0.39, 0.29) is 24.9 Å². The van der Waals surface area contributed by atoms with Crippen LogP contribution in [0.4, 0.5) is 0 Å². The maximum atomic E-state index is 10.7. The molecule has 4 nitrogen and oxygen atoms in total. The second-order valence-electron chi connectivity index (χ2n) is 2.57. The first-order valence-corrected chi connectivity index (χ1v) is 4.39. The molecule has 0 heterocycles. The zero-order chi connectivity index (χ0) is 11.7. The van der Waals surface area contributed by atoms with Crippen molar-refractivity contribution < 1.29 is 14.3 Å². The summed E-state index contributed by atoms with van der Waals surface area (Å²) in [6.45, 7) is 7.15. The van der Waals surface area contributed by atoms with Gasteiger partial charge in [-0.15, -0.1) is 0 Å². The molecule has 0 rings (SSSR count). The lowest BCUT2D eigenvalue weighted by atomic mass is 10.2. The van der Waals surface area contributed by atoms with Gasteiger partial charge >= 0.3 is 5.97 Å². The van der Waals surface area contributed by atoms with Gasteiger partial charge in [0.2, 0.25) is 5.90 Å². The molecule has 0 aliphatic carbocycles. The molecule has 15 heavy (non-hydrogen) atoms. The first-order valence-electron chi connectivity index (χ1n) is 4.39. The third-order valence-electron chi connectivity index (χ3n) is 1.56. The molecule has 82 valence electrons. The van der Waals surface area contributed by atoms with Gasteiger partial charge in [0.1, 0.15) is 6.61 Å². The minimum absolute atomic E-state index is 0.0335. The fourth-order valence-corrected chi connectivity index (χ4v) is 0.785. The van der Waals surface area contributed by atoms with E-state index >= 15 is 0 Å². The van der Waals surface area contributed by atoms with E-state index in [9.17, 15) is 4.79 Å². The van der Waals surface area contributed by atoms with Crippen molar-refractivity contribution in [1.82, 2.24) is 0 Å². The number of methoxy groups -OCH3 is 1. The first kappa shape index (κ1) is 13.2. The van der Waals surface area contributed by atoms with Gasteiger partial charge in [-0.1, -0.05) is 31.4 Å². The SMILES string of the molecule is C=C/C=C(\C=C)C(=N)OCCC(=O)OC. The van der Waals surface area contributed by atoms with Gasteiger partial charge in [0, 0.05) is 5.57 Å². The topological polar surface area (TPSA) is 59.4 Å². The second kappa shape index (κ2) is 7.55. The highest BCUT2D eigenvalue weighted by molar-refractivity contribution is 5.94. The molecule has 0 aliphatic heterocycles. The molecule has 0 amide bonds. The zero-order valence-electron chi connectivity index (χ0n) is 8.79. The fourth-order valence-electron chi connectivity index (χ4n) is 0.785. The van der Waals surface area contributed by atoms with Crippen LogP contribution < -0.4 is 0 Å². The molecular formula is C11H15NO3. The van der Waals surface area contributed by atoms with Crippen LogP contribution in [-0.2, 0) is 14.3 Å². The maximum Gasteiger partial charge on any atom is 0.308 e. The van der Waals surface area contributed by atoms with Crippen LogP contribution in [0.2, 0.25) is 0 Å². The van der Waals surface area contributed by atoms with Crippen molar-refractivity contribution in [3.05, 3.63) is 37.0 Å². The molecule has 0 aromatic carbocycles. The van der Waals surface area contributed by atoms with E-state index in [0.29, 0.717) is 5.57 Å². The Bertz CT molecular complexity index is 292. The van der Waals surface area contributed by atoms with E-state index in [2.05, 4.69) is 17.9 Å². The third-order valence-corrected chi connectivity index (χ3v) is 1.56. The Labute approximate surface area is 89.4 Å². The third kappa shape index (κ3) is 5.46. The van der Waals surface area contributed by atoms with Crippen LogP contribution in [0.5, 0.6) is 0 Å². The zero-order valence-corrected chi connectivity index (χ0v) is 8.79. The molecule has 0 atom stereocenters. The van der Waals surface area contributed by atoms with Gasteiger partial charge < -0.3 is 9.47 Å². The summed E-state index contributed by atoms with van der Waals surface area (Å²) in [5.41, 5.74) is 0.523. The van der Waals surface area contributed by atoms with E-state index < -0.39 is 0 Å². The van der Waals surface area contributed by atoms with Crippen molar-refractivity contribution in [1.29, 1.82) is 5.41 Å². The molecule has 4 heteroatoms. The molecule has 0 saturated carbocycles. The van der Waals surface area contributed by atoms with Crippen LogP contribution >= 0.6 is 0 Å². The van der Waals surface area contributed by atoms with E-state index in [1.54, 1.807) is 6.08 Å². The number of allylic oxidation sites excluding steroid dienone is 2. The van der Waals surface area contributed by atoms with Gasteiger partial charge in [0.15, 0.2) is 0 Å². The molecule has 1 N–H and O–H groups in total. The maximum absolute atomic E-state index is 10.7. The van der Waals surface area contributed by atoms with Crippen LogP contribution in [0, 0.1) is 5.41 Å². The van der Waals surface area contributed by atoms with Crippen molar-refractivity contribution in [3.8, 4) is 0 Å². The van der Waals surface area contributed by atoms with Crippen LogP contribution in [0.25, 0.3) is 0 Å². The highest BCUT2D eigenvalue weighted by atomic mass is 16.5. The second-order valence-corrected chi connectivity index (χ2v) is 2.57. The van der Waals surface area contributed by atoms with Crippen LogP contribution in [0.15, 0.2) is 37.0 Å². The molecule has 0 unspecified atom stereocenters. The summed E-state index contributed by atoms with van der Waals surface area (Å²) in [6, 6.07) is 0. The quantitative estimate of drug-likeness (QED) is 0.314. The summed E-state index contributed by atoms with van der Waals surface area (Å²) in [5.74, 6) is -0.399. The summed E-state index contributed by atoms with van der Waals surface area (Å²) in [5, 5.41) is 7.49. The number of hydrogen-bond donors (Lipinski definition) is 1. The van der Waals surface area contributed by atoms with Crippen LogP contribution in [0.1, 0.15) is 6.42 Å². The predicted octanol–water partition coefficient (Wildman–Crippen LogP) is 1.84. The molecule has 0 aromatic heterocycles. The monoisotopic (exact) mass is 209 g/mol. The minimum atomic E-state index is -0.365. The van der Waals surface area contributed by atoms with Crippen molar-refractivity contribution in [3.63, 3.8) is 0 Å². The Hall–Kier alpha value is -1.84. The average Bonchev–Trinajstić information content (AvgIpc) is 2.25.